The first-order valence-corrected chi connectivity index (χ1v) is 11.0. The maximum absolute atomic E-state index is 14.7. The molecule has 2 saturated carbocycles. The van der Waals surface area contributed by atoms with Crippen molar-refractivity contribution in [3.8, 4) is 0 Å². The number of H-pyrrole nitrogens is 1. The van der Waals surface area contributed by atoms with Crippen LogP contribution in [0.3, 0.4) is 0 Å². The Morgan fingerprint density at radius 2 is 2.03 bits per heavy atom. The smallest absolute Gasteiger partial charge is 0.269 e. The molecule has 1 amide bonds. The minimum atomic E-state index is -0.807. The Balaban J connectivity index is 1.38. The molecule has 0 aromatic carbocycles. The standard InChI is InChI=1S/C21H26FN7O3/c1-11-9-29(32-27-11)18(17(13-3-4-13)14-5-6-14)21(31)24-16-10-28(26-19(16)22)12(2)15-7-8-23-25-20(15)30/h7-8,10,12-14,17-18H,3-6,9H2,1-2H3,(H,24,31)(H,25,30)/t12-,18+/m1/s1. The van der Waals surface area contributed by atoms with Gasteiger partial charge in [-0.3, -0.25) is 19.2 Å². The van der Waals surface area contributed by atoms with E-state index in [1.165, 1.54) is 17.1 Å². The third-order valence-corrected chi connectivity index (χ3v) is 6.51. The molecule has 10 nitrogen and oxygen atoms in total. The number of aromatic nitrogens is 4. The quantitative estimate of drug-likeness (QED) is 0.645. The number of rotatable bonds is 8. The van der Waals surface area contributed by atoms with Crippen LogP contribution in [-0.4, -0.2) is 49.2 Å². The van der Waals surface area contributed by atoms with Gasteiger partial charge in [0.25, 0.3) is 11.5 Å². The fourth-order valence-corrected chi connectivity index (χ4v) is 4.60. The van der Waals surface area contributed by atoms with E-state index in [0.29, 0.717) is 23.9 Å². The lowest BCUT2D eigenvalue weighted by Crippen LogP contribution is -2.49. The van der Waals surface area contributed by atoms with Crippen molar-refractivity contribution in [2.45, 2.75) is 51.6 Å². The first-order chi connectivity index (χ1) is 15.4. The van der Waals surface area contributed by atoms with E-state index in [1.54, 1.807) is 18.1 Å². The average Bonchev–Trinajstić information content (AvgIpc) is 3.70. The van der Waals surface area contributed by atoms with Crippen LogP contribution in [0, 0.1) is 23.7 Å². The number of anilines is 1. The van der Waals surface area contributed by atoms with Crippen LogP contribution >= 0.6 is 0 Å². The summed E-state index contributed by atoms with van der Waals surface area (Å²) in [7, 11) is 0. The van der Waals surface area contributed by atoms with E-state index in [-0.39, 0.29) is 23.1 Å². The second-order valence-electron chi connectivity index (χ2n) is 9.00. The molecule has 0 spiro atoms. The molecule has 2 aromatic heterocycles. The van der Waals surface area contributed by atoms with E-state index in [2.05, 4.69) is 25.8 Å². The van der Waals surface area contributed by atoms with Crippen LogP contribution in [0.25, 0.3) is 0 Å². The van der Waals surface area contributed by atoms with Crippen LogP contribution < -0.4 is 10.9 Å². The van der Waals surface area contributed by atoms with Crippen LogP contribution in [0.1, 0.15) is 51.1 Å². The summed E-state index contributed by atoms with van der Waals surface area (Å²) in [6.07, 6.45) is 7.26. The van der Waals surface area contributed by atoms with Crippen molar-refractivity contribution in [2.75, 3.05) is 11.9 Å². The molecule has 2 fully saturated rings. The third kappa shape index (κ3) is 4.04. The third-order valence-electron chi connectivity index (χ3n) is 6.51. The van der Waals surface area contributed by atoms with E-state index in [1.807, 2.05) is 6.92 Å². The van der Waals surface area contributed by atoms with E-state index in [4.69, 9.17) is 4.94 Å². The molecule has 0 bridgehead atoms. The van der Waals surface area contributed by atoms with Gasteiger partial charge in [0.2, 0.25) is 5.91 Å². The van der Waals surface area contributed by atoms with E-state index in [0.717, 1.165) is 31.4 Å². The molecule has 11 heteroatoms. The molecule has 2 atom stereocenters. The number of carbonyl (C=O) groups excluding carboxylic acids is 1. The van der Waals surface area contributed by atoms with Gasteiger partial charge in [-0.05, 0) is 63.4 Å². The van der Waals surface area contributed by atoms with Gasteiger partial charge < -0.3 is 5.32 Å². The lowest BCUT2D eigenvalue weighted by molar-refractivity contribution is -0.181. The Morgan fingerprint density at radius 3 is 2.62 bits per heavy atom. The summed E-state index contributed by atoms with van der Waals surface area (Å²) >= 11 is 0. The zero-order valence-electron chi connectivity index (χ0n) is 18.0. The van der Waals surface area contributed by atoms with Crippen LogP contribution in [0.2, 0.25) is 0 Å². The Labute approximate surface area is 183 Å². The van der Waals surface area contributed by atoms with Crippen LogP contribution in [0.5, 0.6) is 0 Å². The highest BCUT2D eigenvalue weighted by Gasteiger charge is 2.51. The van der Waals surface area contributed by atoms with E-state index < -0.39 is 18.0 Å². The number of aromatic amines is 1. The second kappa shape index (κ2) is 8.12. The predicted octanol–water partition coefficient (Wildman–Crippen LogP) is 2.08. The molecular weight excluding hydrogens is 417 g/mol. The first kappa shape index (κ1) is 20.8. The molecule has 5 rings (SSSR count). The Kier molecular flexibility index (Phi) is 5.28. The Hall–Kier alpha value is -3.08. The SMILES string of the molecule is CC1=NON([C@H](C(=O)Nc2cn([C@H](C)c3ccn[nH]c3=O)nc2F)C(C2CC2)C2CC2)C1. The molecule has 2 aromatic rings. The fourth-order valence-electron chi connectivity index (χ4n) is 4.60. The maximum atomic E-state index is 14.7. The fraction of sp³-hybridized carbons (Fsp3) is 0.571. The number of hydroxylamine groups is 2. The summed E-state index contributed by atoms with van der Waals surface area (Å²) < 4.78 is 16.0. The lowest BCUT2D eigenvalue weighted by atomic mass is 9.88. The summed E-state index contributed by atoms with van der Waals surface area (Å²) in [4.78, 5) is 30.9. The molecule has 3 aliphatic rings. The summed E-state index contributed by atoms with van der Waals surface area (Å²) in [6, 6.07) is 0.459. The molecule has 3 heterocycles. The van der Waals surface area contributed by atoms with Crippen molar-refractivity contribution in [1.82, 2.24) is 25.0 Å². The van der Waals surface area contributed by atoms with Gasteiger partial charge in [0.15, 0.2) is 0 Å². The zero-order valence-corrected chi connectivity index (χ0v) is 18.0. The van der Waals surface area contributed by atoms with Gasteiger partial charge in [0.1, 0.15) is 11.7 Å². The summed E-state index contributed by atoms with van der Waals surface area (Å²) in [6.45, 7) is 4.02. The van der Waals surface area contributed by atoms with Crippen LogP contribution in [0.15, 0.2) is 28.4 Å². The van der Waals surface area contributed by atoms with E-state index >= 15 is 0 Å². The number of carbonyl (C=O) groups is 1. The van der Waals surface area contributed by atoms with Crippen LogP contribution in [-0.2, 0) is 9.73 Å². The Morgan fingerprint density at radius 1 is 1.31 bits per heavy atom. The minimum absolute atomic E-state index is 0.0282. The largest absolute Gasteiger partial charge is 0.319 e. The van der Waals surface area contributed by atoms with Crippen molar-refractivity contribution < 1.29 is 14.1 Å². The van der Waals surface area contributed by atoms with Gasteiger partial charge in [-0.2, -0.15) is 9.49 Å². The molecule has 2 N–H and O–H groups in total. The highest BCUT2D eigenvalue weighted by atomic mass is 19.1. The molecule has 32 heavy (non-hydrogen) atoms. The molecule has 170 valence electrons. The molecule has 1 aliphatic heterocycles. The number of nitrogens with one attached hydrogen (secondary N) is 2. The van der Waals surface area contributed by atoms with Crippen molar-refractivity contribution in [3.05, 3.63) is 40.3 Å². The summed E-state index contributed by atoms with van der Waals surface area (Å²) in [5.41, 5.74) is 0.779. The molecular formula is C21H26FN7O3. The minimum Gasteiger partial charge on any atom is -0.319 e. The van der Waals surface area contributed by atoms with Crippen molar-refractivity contribution >= 4 is 17.3 Å². The van der Waals surface area contributed by atoms with Gasteiger partial charge in [-0.15, -0.1) is 5.10 Å². The number of nitrogens with zero attached hydrogens (tertiary/aromatic N) is 5. The second-order valence-corrected chi connectivity index (χ2v) is 9.00. The van der Waals surface area contributed by atoms with Crippen molar-refractivity contribution in [3.63, 3.8) is 0 Å². The first-order valence-electron chi connectivity index (χ1n) is 11.0. The number of halogens is 1. The highest BCUT2D eigenvalue weighted by Crippen LogP contribution is 2.52. The van der Waals surface area contributed by atoms with Gasteiger partial charge in [0.05, 0.1) is 24.5 Å². The van der Waals surface area contributed by atoms with Gasteiger partial charge in [0, 0.05) is 11.8 Å². The number of hydrogen-bond acceptors (Lipinski definition) is 7. The van der Waals surface area contributed by atoms with E-state index in [9.17, 15) is 14.0 Å². The molecule has 2 aliphatic carbocycles. The van der Waals surface area contributed by atoms with Gasteiger partial charge >= 0.3 is 0 Å². The Bertz CT molecular complexity index is 1090. The highest BCUT2D eigenvalue weighted by molar-refractivity contribution is 5.95. The van der Waals surface area contributed by atoms with Gasteiger partial charge in [-0.1, -0.05) is 10.2 Å². The summed E-state index contributed by atoms with van der Waals surface area (Å²) in [5.74, 6) is -0.0174. The average molecular weight is 443 g/mol. The number of hydrogen-bond donors (Lipinski definition) is 2. The van der Waals surface area contributed by atoms with Crippen molar-refractivity contribution in [2.24, 2.45) is 22.9 Å². The normalized spacial score (nSPS) is 20.7. The lowest BCUT2D eigenvalue weighted by Gasteiger charge is -2.31. The molecule has 0 radical (unpaired) electrons. The molecule has 0 saturated heterocycles. The summed E-state index contributed by atoms with van der Waals surface area (Å²) in [5, 5.41) is 18.2. The monoisotopic (exact) mass is 443 g/mol. The number of amides is 1. The van der Waals surface area contributed by atoms with Crippen LogP contribution in [0.4, 0.5) is 10.1 Å². The maximum Gasteiger partial charge on any atom is 0.269 e. The number of oxime groups is 1. The topological polar surface area (TPSA) is 117 Å². The predicted molar refractivity (Wildman–Crippen MR) is 113 cm³/mol. The van der Waals surface area contributed by atoms with Gasteiger partial charge in [-0.25, -0.2) is 5.10 Å². The molecule has 0 unspecified atom stereocenters. The van der Waals surface area contributed by atoms with Crippen molar-refractivity contribution in [1.29, 1.82) is 0 Å². The zero-order chi connectivity index (χ0) is 22.4.